The van der Waals surface area contributed by atoms with E-state index in [0.29, 0.717) is 17.3 Å². The first-order valence-corrected chi connectivity index (χ1v) is 8.48. The summed E-state index contributed by atoms with van der Waals surface area (Å²) >= 11 is 1.91. The van der Waals surface area contributed by atoms with Crippen molar-refractivity contribution in [1.29, 1.82) is 0 Å². The molecule has 22 heavy (non-hydrogen) atoms. The smallest absolute Gasteiger partial charge is 0.266 e. The van der Waals surface area contributed by atoms with Gasteiger partial charge in [-0.05, 0) is 13.8 Å². The second-order valence-corrected chi connectivity index (χ2v) is 7.32. The standard InChI is InChI=1S/C15H20N4O2S/c1-9-8-18(4-5-22-9)15(21)6-12-10(2)16-13-7-14(20)17-19(13)11(12)3/h7,9H,4-6,8H2,1-3H3,(H,17,20)/t9-/m1/s1. The average molecular weight is 320 g/mol. The molecule has 0 unspecified atom stereocenters. The van der Waals surface area contributed by atoms with Crippen LogP contribution >= 0.6 is 11.8 Å². The van der Waals surface area contributed by atoms with Gasteiger partial charge in [-0.25, -0.2) is 9.50 Å². The van der Waals surface area contributed by atoms with Crippen LogP contribution in [0.1, 0.15) is 23.9 Å². The molecule has 0 aliphatic carbocycles. The number of hydrogen-bond donors (Lipinski definition) is 1. The number of rotatable bonds is 2. The quantitative estimate of drug-likeness (QED) is 0.901. The Kier molecular flexibility index (Phi) is 3.99. The highest BCUT2D eigenvalue weighted by molar-refractivity contribution is 7.99. The first-order valence-electron chi connectivity index (χ1n) is 7.43. The molecule has 3 rings (SSSR count). The lowest BCUT2D eigenvalue weighted by Gasteiger charge is -2.31. The highest BCUT2D eigenvalue weighted by Crippen LogP contribution is 2.20. The Morgan fingerprint density at radius 2 is 2.27 bits per heavy atom. The highest BCUT2D eigenvalue weighted by atomic mass is 32.2. The number of nitrogens with zero attached hydrogens (tertiary/aromatic N) is 3. The normalized spacial score (nSPS) is 18.9. The molecule has 1 aliphatic heterocycles. The zero-order valence-electron chi connectivity index (χ0n) is 13.0. The summed E-state index contributed by atoms with van der Waals surface area (Å²) in [4.78, 5) is 30.4. The number of aromatic amines is 1. The van der Waals surface area contributed by atoms with E-state index in [-0.39, 0.29) is 11.5 Å². The van der Waals surface area contributed by atoms with E-state index >= 15 is 0 Å². The van der Waals surface area contributed by atoms with Crippen LogP contribution in [0.2, 0.25) is 0 Å². The van der Waals surface area contributed by atoms with Gasteiger partial charge in [-0.1, -0.05) is 6.92 Å². The van der Waals surface area contributed by atoms with Crippen molar-refractivity contribution in [3.63, 3.8) is 0 Å². The van der Waals surface area contributed by atoms with Crippen molar-refractivity contribution in [2.75, 3.05) is 18.8 Å². The molecular weight excluding hydrogens is 300 g/mol. The third kappa shape index (κ3) is 2.77. The Bertz CT molecular complexity index is 780. The summed E-state index contributed by atoms with van der Waals surface area (Å²) in [6.45, 7) is 7.56. The SMILES string of the molecule is Cc1nc2cc(=O)[nH]n2c(C)c1CC(=O)N1CCS[C@H](C)C1. The van der Waals surface area contributed by atoms with Gasteiger partial charge >= 0.3 is 0 Å². The summed E-state index contributed by atoms with van der Waals surface area (Å²) in [6, 6.07) is 1.47. The molecule has 0 bridgehead atoms. The molecule has 1 saturated heterocycles. The van der Waals surface area contributed by atoms with Crippen LogP contribution in [0.5, 0.6) is 0 Å². The van der Waals surface area contributed by atoms with Crippen LogP contribution in [0.4, 0.5) is 0 Å². The predicted molar refractivity (Wildman–Crippen MR) is 87.5 cm³/mol. The van der Waals surface area contributed by atoms with E-state index in [9.17, 15) is 9.59 Å². The average Bonchev–Trinajstić information content (AvgIpc) is 2.84. The van der Waals surface area contributed by atoms with Crippen molar-refractivity contribution in [2.24, 2.45) is 0 Å². The van der Waals surface area contributed by atoms with E-state index in [1.165, 1.54) is 6.07 Å². The van der Waals surface area contributed by atoms with E-state index in [0.717, 1.165) is 35.8 Å². The summed E-state index contributed by atoms with van der Waals surface area (Å²) in [5.41, 5.74) is 3.00. The molecule has 0 radical (unpaired) electrons. The molecule has 6 nitrogen and oxygen atoms in total. The molecule has 2 aromatic heterocycles. The molecule has 0 saturated carbocycles. The van der Waals surface area contributed by atoms with Crippen molar-refractivity contribution in [1.82, 2.24) is 19.5 Å². The second kappa shape index (κ2) is 5.79. The maximum absolute atomic E-state index is 12.6. The summed E-state index contributed by atoms with van der Waals surface area (Å²) < 4.78 is 1.66. The molecular formula is C15H20N4O2S. The third-order valence-electron chi connectivity index (χ3n) is 4.12. The van der Waals surface area contributed by atoms with Crippen LogP contribution in [0.15, 0.2) is 10.9 Å². The van der Waals surface area contributed by atoms with E-state index in [1.807, 2.05) is 30.5 Å². The van der Waals surface area contributed by atoms with Crippen LogP contribution in [0, 0.1) is 13.8 Å². The molecule has 1 aliphatic rings. The number of nitrogens with one attached hydrogen (secondary N) is 1. The number of hydrogen-bond acceptors (Lipinski definition) is 4. The van der Waals surface area contributed by atoms with Gasteiger partial charge in [0.15, 0.2) is 5.65 Å². The van der Waals surface area contributed by atoms with E-state index in [4.69, 9.17) is 0 Å². The summed E-state index contributed by atoms with van der Waals surface area (Å²) in [5, 5.41) is 3.21. The molecule has 1 atom stereocenters. The number of amides is 1. The number of aromatic nitrogens is 3. The summed E-state index contributed by atoms with van der Waals surface area (Å²) in [5.74, 6) is 1.13. The largest absolute Gasteiger partial charge is 0.340 e. The van der Waals surface area contributed by atoms with Crippen molar-refractivity contribution in [2.45, 2.75) is 32.4 Å². The number of H-pyrrole nitrogens is 1. The minimum Gasteiger partial charge on any atom is -0.340 e. The Balaban J connectivity index is 1.89. The molecule has 0 spiro atoms. The molecule has 1 fully saturated rings. The number of aryl methyl sites for hydroxylation is 2. The monoisotopic (exact) mass is 320 g/mol. The molecule has 2 aromatic rings. The Labute approximate surface area is 132 Å². The molecule has 1 amide bonds. The fourth-order valence-corrected chi connectivity index (χ4v) is 3.93. The Hall–Kier alpha value is -1.76. The van der Waals surface area contributed by atoms with Crippen LogP contribution < -0.4 is 5.56 Å². The summed E-state index contributed by atoms with van der Waals surface area (Å²) in [7, 11) is 0. The van der Waals surface area contributed by atoms with Gasteiger partial charge in [0, 0.05) is 47.1 Å². The molecule has 7 heteroatoms. The lowest BCUT2D eigenvalue weighted by molar-refractivity contribution is -0.130. The van der Waals surface area contributed by atoms with Crippen LogP contribution in [-0.4, -0.2) is 49.5 Å². The maximum Gasteiger partial charge on any atom is 0.266 e. The van der Waals surface area contributed by atoms with Crippen molar-refractivity contribution in [3.05, 3.63) is 33.4 Å². The summed E-state index contributed by atoms with van der Waals surface area (Å²) in [6.07, 6.45) is 0.332. The maximum atomic E-state index is 12.6. The second-order valence-electron chi connectivity index (χ2n) is 5.77. The van der Waals surface area contributed by atoms with Gasteiger partial charge in [-0.15, -0.1) is 0 Å². The van der Waals surface area contributed by atoms with Crippen LogP contribution in [0.25, 0.3) is 5.65 Å². The highest BCUT2D eigenvalue weighted by Gasteiger charge is 2.23. The van der Waals surface area contributed by atoms with Crippen LogP contribution in [0.3, 0.4) is 0 Å². The Morgan fingerprint density at radius 3 is 3.00 bits per heavy atom. The van der Waals surface area contributed by atoms with E-state index < -0.39 is 0 Å². The number of carbonyl (C=O) groups excluding carboxylic acids is 1. The van der Waals surface area contributed by atoms with Gasteiger partial charge in [-0.2, -0.15) is 11.8 Å². The van der Waals surface area contributed by atoms with Crippen LogP contribution in [-0.2, 0) is 11.2 Å². The van der Waals surface area contributed by atoms with Gasteiger partial charge < -0.3 is 4.90 Å². The minimum absolute atomic E-state index is 0.133. The first kappa shape index (κ1) is 15.1. The fourth-order valence-electron chi connectivity index (χ4n) is 2.92. The number of fused-ring (bicyclic) bond motifs is 1. The third-order valence-corrected chi connectivity index (χ3v) is 5.26. The van der Waals surface area contributed by atoms with E-state index in [2.05, 4.69) is 17.0 Å². The zero-order chi connectivity index (χ0) is 15.9. The Morgan fingerprint density at radius 1 is 1.50 bits per heavy atom. The van der Waals surface area contributed by atoms with Crippen molar-refractivity contribution < 1.29 is 4.79 Å². The predicted octanol–water partition coefficient (Wildman–Crippen LogP) is 1.15. The minimum atomic E-state index is -0.180. The van der Waals surface area contributed by atoms with Gasteiger partial charge in [0.05, 0.1) is 6.42 Å². The molecule has 0 aromatic carbocycles. The zero-order valence-corrected chi connectivity index (χ0v) is 13.9. The molecule has 1 N–H and O–H groups in total. The van der Waals surface area contributed by atoms with E-state index in [1.54, 1.807) is 4.52 Å². The number of carbonyl (C=O) groups is 1. The molecule has 3 heterocycles. The first-order chi connectivity index (χ1) is 10.5. The van der Waals surface area contributed by atoms with Gasteiger partial charge in [0.25, 0.3) is 5.56 Å². The fraction of sp³-hybridized carbons (Fsp3) is 0.533. The lowest BCUT2D eigenvalue weighted by Crippen LogP contribution is -2.42. The number of thioether (sulfide) groups is 1. The van der Waals surface area contributed by atoms with Crippen molar-refractivity contribution in [3.8, 4) is 0 Å². The molecule has 118 valence electrons. The topological polar surface area (TPSA) is 70.5 Å². The lowest BCUT2D eigenvalue weighted by atomic mass is 10.1. The van der Waals surface area contributed by atoms with Gasteiger partial charge in [0.1, 0.15) is 0 Å². The van der Waals surface area contributed by atoms with Gasteiger partial charge in [-0.3, -0.25) is 14.7 Å². The van der Waals surface area contributed by atoms with Crippen molar-refractivity contribution >= 4 is 23.3 Å². The van der Waals surface area contributed by atoms with Gasteiger partial charge in [0.2, 0.25) is 5.91 Å².